The minimum atomic E-state index is -0.480. The number of amidine groups is 1. The van der Waals surface area contributed by atoms with Crippen LogP contribution < -0.4 is 0 Å². The van der Waals surface area contributed by atoms with Gasteiger partial charge in [0.2, 0.25) is 5.91 Å². The van der Waals surface area contributed by atoms with Crippen LogP contribution in [0.3, 0.4) is 0 Å². The predicted octanol–water partition coefficient (Wildman–Crippen LogP) is 2.51. The normalized spacial score (nSPS) is 24.2. The number of methoxy groups -OCH3 is 1. The number of amides is 1. The molecule has 1 aromatic carbocycles. The molecular formula is C16H16N2O3S. The number of ether oxygens (including phenoxy) is 1. The first-order chi connectivity index (χ1) is 10.5. The molecule has 2 aliphatic rings. The molecule has 2 aliphatic heterocycles. The number of esters is 1. The average molecular weight is 316 g/mol. The molecule has 1 saturated heterocycles. The highest BCUT2D eigenvalue weighted by atomic mass is 32.2. The van der Waals surface area contributed by atoms with Crippen molar-refractivity contribution in [3.05, 3.63) is 47.2 Å². The number of carbonyl (C=O) groups is 2. The summed E-state index contributed by atoms with van der Waals surface area (Å²) in [5.74, 6) is -0.488. The summed E-state index contributed by atoms with van der Waals surface area (Å²) in [5.41, 5.74) is 1.89. The fourth-order valence-electron chi connectivity index (χ4n) is 2.72. The minimum absolute atomic E-state index is 0.0356. The molecule has 2 atom stereocenters. The number of allylic oxidation sites excluding steroid dienone is 1. The highest BCUT2D eigenvalue weighted by molar-refractivity contribution is 8.15. The van der Waals surface area contributed by atoms with E-state index < -0.39 is 12.0 Å². The molecule has 0 aromatic heterocycles. The van der Waals surface area contributed by atoms with E-state index in [0.29, 0.717) is 16.4 Å². The van der Waals surface area contributed by atoms with Crippen LogP contribution in [0.25, 0.3) is 0 Å². The molecule has 0 unspecified atom stereocenters. The Morgan fingerprint density at radius 1 is 1.32 bits per heavy atom. The van der Waals surface area contributed by atoms with E-state index in [4.69, 9.17) is 4.74 Å². The second-order valence-electron chi connectivity index (χ2n) is 5.17. The van der Waals surface area contributed by atoms with Crippen molar-refractivity contribution >= 4 is 28.8 Å². The number of aliphatic imine (C=N–C) groups is 1. The van der Waals surface area contributed by atoms with Gasteiger partial charge in [0.25, 0.3) is 0 Å². The monoisotopic (exact) mass is 316 g/mol. The number of rotatable bonds is 2. The fourth-order valence-corrected chi connectivity index (χ4v) is 3.75. The third kappa shape index (κ3) is 2.23. The smallest absolute Gasteiger partial charge is 0.338 e. The zero-order chi connectivity index (χ0) is 15.9. The van der Waals surface area contributed by atoms with Crippen LogP contribution in [0, 0.1) is 0 Å². The van der Waals surface area contributed by atoms with Crippen LogP contribution in [-0.2, 0) is 14.3 Å². The van der Waals surface area contributed by atoms with Crippen LogP contribution in [-0.4, -0.2) is 34.3 Å². The Bertz CT molecular complexity index is 697. The molecule has 3 rings (SSSR count). The van der Waals surface area contributed by atoms with Gasteiger partial charge in [-0.25, -0.2) is 9.79 Å². The van der Waals surface area contributed by atoms with Crippen molar-refractivity contribution < 1.29 is 14.3 Å². The number of hydrogen-bond acceptors (Lipinski definition) is 5. The van der Waals surface area contributed by atoms with Crippen molar-refractivity contribution in [2.75, 3.05) is 7.11 Å². The first-order valence-corrected chi connectivity index (χ1v) is 7.85. The van der Waals surface area contributed by atoms with Crippen molar-refractivity contribution in [3.8, 4) is 0 Å². The Kier molecular flexibility index (Phi) is 3.78. The van der Waals surface area contributed by atoms with E-state index in [9.17, 15) is 9.59 Å². The Hall–Kier alpha value is -2.08. The maximum Gasteiger partial charge on any atom is 0.338 e. The molecule has 5 nitrogen and oxygen atoms in total. The zero-order valence-electron chi connectivity index (χ0n) is 12.6. The molecule has 0 spiro atoms. The van der Waals surface area contributed by atoms with Crippen molar-refractivity contribution in [1.82, 2.24) is 4.90 Å². The zero-order valence-corrected chi connectivity index (χ0v) is 13.4. The molecule has 1 aromatic rings. The molecule has 0 N–H and O–H groups in total. The van der Waals surface area contributed by atoms with Gasteiger partial charge < -0.3 is 4.74 Å². The summed E-state index contributed by atoms with van der Waals surface area (Å²) < 4.78 is 4.91. The molecule has 0 saturated carbocycles. The molecular weight excluding hydrogens is 300 g/mol. The molecule has 0 bridgehead atoms. The van der Waals surface area contributed by atoms with Crippen LogP contribution in [0.15, 0.2) is 46.6 Å². The number of carbonyl (C=O) groups excluding carboxylic acids is 2. The third-order valence-corrected chi connectivity index (χ3v) is 4.83. The van der Waals surface area contributed by atoms with E-state index >= 15 is 0 Å². The van der Waals surface area contributed by atoms with E-state index in [1.54, 1.807) is 11.8 Å². The lowest BCUT2D eigenvalue weighted by Gasteiger charge is -2.32. The minimum Gasteiger partial charge on any atom is -0.466 e. The summed E-state index contributed by atoms with van der Waals surface area (Å²) in [6.45, 7) is 3.63. The van der Waals surface area contributed by atoms with Gasteiger partial charge in [-0.15, -0.1) is 0 Å². The fraction of sp³-hybridized carbons (Fsp3) is 0.312. The highest BCUT2D eigenvalue weighted by Crippen LogP contribution is 2.42. The standard InChI is InChI=1S/C16H16N2O3S/c1-9-12(15(20)21-3)13(11-7-5-4-6-8-11)18-14(19)10(2)22-16(18)17-9/h4-8,10,13H,1-3H3/t10-,13+/m1/s1. The number of benzene rings is 1. The van der Waals surface area contributed by atoms with E-state index in [0.717, 1.165) is 5.56 Å². The number of hydrogen-bond donors (Lipinski definition) is 0. The Morgan fingerprint density at radius 2 is 2.00 bits per heavy atom. The maximum atomic E-state index is 12.5. The van der Waals surface area contributed by atoms with Crippen LogP contribution in [0.1, 0.15) is 25.5 Å². The van der Waals surface area contributed by atoms with Gasteiger partial charge in [0.05, 0.1) is 29.7 Å². The first-order valence-electron chi connectivity index (χ1n) is 6.97. The number of thioether (sulfide) groups is 1. The lowest BCUT2D eigenvalue weighted by molar-refractivity contribution is -0.137. The van der Waals surface area contributed by atoms with Crippen molar-refractivity contribution in [2.24, 2.45) is 4.99 Å². The van der Waals surface area contributed by atoms with Crippen molar-refractivity contribution in [1.29, 1.82) is 0 Å². The molecule has 2 heterocycles. The van der Waals surface area contributed by atoms with Crippen molar-refractivity contribution in [2.45, 2.75) is 25.1 Å². The SMILES string of the molecule is COC(=O)C1=C(C)N=C2S[C@H](C)C(=O)N2[C@H]1c1ccccc1. The summed E-state index contributed by atoms with van der Waals surface area (Å²) in [6, 6.07) is 9.02. The second-order valence-corrected chi connectivity index (χ2v) is 6.47. The van der Waals surface area contributed by atoms with Gasteiger partial charge in [-0.05, 0) is 19.4 Å². The summed E-state index contributed by atoms with van der Waals surface area (Å²) in [6.07, 6.45) is 0. The quantitative estimate of drug-likeness (QED) is 0.787. The summed E-state index contributed by atoms with van der Waals surface area (Å²) in [7, 11) is 1.34. The lowest BCUT2D eigenvalue weighted by atomic mass is 9.94. The van der Waals surface area contributed by atoms with E-state index in [1.165, 1.54) is 18.9 Å². The van der Waals surface area contributed by atoms with Gasteiger partial charge in [0.15, 0.2) is 5.17 Å². The molecule has 1 amide bonds. The molecule has 0 aliphatic carbocycles. The summed E-state index contributed by atoms with van der Waals surface area (Å²) in [4.78, 5) is 30.8. The summed E-state index contributed by atoms with van der Waals surface area (Å²) in [5, 5.41) is 0.450. The molecule has 0 radical (unpaired) electrons. The topological polar surface area (TPSA) is 59.0 Å². The van der Waals surface area contributed by atoms with Gasteiger partial charge in [-0.2, -0.15) is 0 Å². The molecule has 22 heavy (non-hydrogen) atoms. The maximum absolute atomic E-state index is 12.5. The van der Waals surface area contributed by atoms with Gasteiger partial charge in [0.1, 0.15) is 0 Å². The number of fused-ring (bicyclic) bond motifs is 1. The highest BCUT2D eigenvalue weighted by Gasteiger charge is 2.46. The molecule has 114 valence electrons. The van der Waals surface area contributed by atoms with Crippen molar-refractivity contribution in [3.63, 3.8) is 0 Å². The Labute approximate surface area is 133 Å². The van der Waals surface area contributed by atoms with Gasteiger partial charge >= 0.3 is 5.97 Å². The van der Waals surface area contributed by atoms with Crippen LogP contribution in [0.2, 0.25) is 0 Å². The van der Waals surface area contributed by atoms with Crippen LogP contribution in [0.4, 0.5) is 0 Å². The first kappa shape index (κ1) is 14.8. The predicted molar refractivity (Wildman–Crippen MR) is 85.2 cm³/mol. The average Bonchev–Trinajstić information content (AvgIpc) is 2.80. The van der Waals surface area contributed by atoms with Gasteiger partial charge in [0, 0.05) is 0 Å². The van der Waals surface area contributed by atoms with E-state index in [1.807, 2.05) is 37.3 Å². The van der Waals surface area contributed by atoms with Gasteiger partial charge in [-0.3, -0.25) is 9.69 Å². The Morgan fingerprint density at radius 3 is 2.64 bits per heavy atom. The van der Waals surface area contributed by atoms with Crippen LogP contribution >= 0.6 is 11.8 Å². The third-order valence-electron chi connectivity index (χ3n) is 3.78. The van der Waals surface area contributed by atoms with E-state index in [-0.39, 0.29) is 11.2 Å². The van der Waals surface area contributed by atoms with Gasteiger partial charge in [-0.1, -0.05) is 42.1 Å². The van der Waals surface area contributed by atoms with E-state index in [2.05, 4.69) is 4.99 Å². The van der Waals surface area contributed by atoms with Crippen LogP contribution in [0.5, 0.6) is 0 Å². The molecule has 1 fully saturated rings. The molecule has 6 heteroatoms. The summed E-state index contributed by atoms with van der Waals surface area (Å²) >= 11 is 1.42. The second kappa shape index (κ2) is 5.61. The Balaban J connectivity index is 2.18. The lowest BCUT2D eigenvalue weighted by Crippen LogP contribution is -2.40. The largest absolute Gasteiger partial charge is 0.466 e. The number of nitrogens with zero attached hydrogens (tertiary/aromatic N) is 2.